The van der Waals surface area contributed by atoms with E-state index in [-0.39, 0.29) is 18.2 Å². The molecule has 24 heavy (non-hydrogen) atoms. The molecule has 0 aliphatic carbocycles. The molecule has 2 fully saturated rings. The molecule has 1 aromatic carbocycles. The van der Waals surface area contributed by atoms with Crippen molar-refractivity contribution in [2.75, 3.05) is 33.3 Å². The molecule has 2 saturated heterocycles. The summed E-state index contributed by atoms with van der Waals surface area (Å²) in [7, 11) is 1.86. The van der Waals surface area contributed by atoms with Gasteiger partial charge in [0.2, 0.25) is 0 Å². The lowest BCUT2D eigenvalue weighted by Crippen LogP contribution is -2.46. The molecule has 132 valence electrons. The predicted molar refractivity (Wildman–Crippen MR) is 95.0 cm³/mol. The number of hydrogen-bond acceptors (Lipinski definition) is 3. The van der Waals surface area contributed by atoms with Gasteiger partial charge in [-0.1, -0.05) is 30.3 Å². The third-order valence-electron chi connectivity index (χ3n) is 5.23. The van der Waals surface area contributed by atoms with Crippen molar-refractivity contribution in [2.45, 2.75) is 44.4 Å². The van der Waals surface area contributed by atoms with Gasteiger partial charge in [-0.05, 0) is 31.7 Å². The minimum absolute atomic E-state index is 0.0183. The van der Waals surface area contributed by atoms with Crippen molar-refractivity contribution in [3.8, 4) is 0 Å². The summed E-state index contributed by atoms with van der Waals surface area (Å²) in [5, 5.41) is 3.18. The second kappa shape index (κ2) is 7.99. The Morgan fingerprint density at radius 1 is 1.38 bits per heavy atom. The second-order valence-electron chi connectivity index (χ2n) is 7.03. The average Bonchev–Trinajstić information content (AvgIpc) is 3.27. The lowest BCUT2D eigenvalue weighted by atomic mass is 10.1. The van der Waals surface area contributed by atoms with Crippen LogP contribution in [0.25, 0.3) is 0 Å². The largest absolute Gasteiger partial charge is 0.376 e. The highest BCUT2D eigenvalue weighted by Crippen LogP contribution is 2.24. The highest BCUT2D eigenvalue weighted by molar-refractivity contribution is 5.74. The highest BCUT2D eigenvalue weighted by Gasteiger charge is 2.29. The first kappa shape index (κ1) is 17.2. The summed E-state index contributed by atoms with van der Waals surface area (Å²) in [5.41, 5.74) is 1.33. The maximum absolute atomic E-state index is 12.4. The molecule has 2 amide bonds. The van der Waals surface area contributed by atoms with E-state index in [0.717, 1.165) is 39.0 Å². The summed E-state index contributed by atoms with van der Waals surface area (Å²) < 4.78 is 5.61. The third kappa shape index (κ3) is 4.28. The quantitative estimate of drug-likeness (QED) is 0.902. The van der Waals surface area contributed by atoms with Gasteiger partial charge in [0.05, 0.1) is 6.10 Å². The maximum atomic E-state index is 12.4. The molecular formula is C19H29N3O2. The van der Waals surface area contributed by atoms with E-state index in [1.165, 1.54) is 5.56 Å². The Morgan fingerprint density at radius 2 is 2.17 bits per heavy atom. The summed E-state index contributed by atoms with van der Waals surface area (Å²) in [5.74, 6) is 0. The molecule has 3 rings (SSSR count). The van der Waals surface area contributed by atoms with Gasteiger partial charge in [-0.25, -0.2) is 4.79 Å². The van der Waals surface area contributed by atoms with Gasteiger partial charge >= 0.3 is 6.03 Å². The molecule has 5 nitrogen and oxygen atoms in total. The molecule has 2 aliphatic heterocycles. The van der Waals surface area contributed by atoms with Gasteiger partial charge < -0.3 is 15.0 Å². The van der Waals surface area contributed by atoms with Crippen LogP contribution in [0.15, 0.2) is 30.3 Å². The highest BCUT2D eigenvalue weighted by atomic mass is 16.5. The van der Waals surface area contributed by atoms with E-state index in [1.54, 1.807) is 4.90 Å². The van der Waals surface area contributed by atoms with Gasteiger partial charge in [-0.3, -0.25) is 4.90 Å². The second-order valence-corrected chi connectivity index (χ2v) is 7.03. The SMILES string of the molecule is C[C@H](c1ccccc1)N1CC[C@H](NC(=O)N(C)C[C@@H]2CCCO2)C1. The van der Waals surface area contributed by atoms with E-state index >= 15 is 0 Å². The smallest absolute Gasteiger partial charge is 0.317 e. The Morgan fingerprint density at radius 3 is 2.88 bits per heavy atom. The minimum Gasteiger partial charge on any atom is -0.376 e. The van der Waals surface area contributed by atoms with E-state index < -0.39 is 0 Å². The number of nitrogens with one attached hydrogen (secondary N) is 1. The fourth-order valence-corrected chi connectivity index (χ4v) is 3.66. The van der Waals surface area contributed by atoms with Crippen LogP contribution >= 0.6 is 0 Å². The lowest BCUT2D eigenvalue weighted by molar-refractivity contribution is 0.0870. The van der Waals surface area contributed by atoms with Crippen LogP contribution in [-0.2, 0) is 4.74 Å². The predicted octanol–water partition coefficient (Wildman–Crippen LogP) is 2.64. The molecule has 2 aliphatic rings. The number of hydrogen-bond donors (Lipinski definition) is 1. The Hall–Kier alpha value is -1.59. The zero-order valence-electron chi connectivity index (χ0n) is 14.8. The molecule has 0 unspecified atom stereocenters. The number of rotatable bonds is 5. The zero-order chi connectivity index (χ0) is 16.9. The molecule has 0 bridgehead atoms. The van der Waals surface area contributed by atoms with Crippen LogP contribution in [0.2, 0.25) is 0 Å². The number of urea groups is 1. The Balaban J connectivity index is 1.46. The van der Waals surface area contributed by atoms with Crippen molar-refractivity contribution in [3.05, 3.63) is 35.9 Å². The summed E-state index contributed by atoms with van der Waals surface area (Å²) in [6, 6.07) is 11.2. The molecule has 0 spiro atoms. The fourth-order valence-electron chi connectivity index (χ4n) is 3.66. The number of ether oxygens (including phenoxy) is 1. The van der Waals surface area contributed by atoms with Crippen molar-refractivity contribution >= 4 is 6.03 Å². The van der Waals surface area contributed by atoms with Gasteiger partial charge in [0.25, 0.3) is 0 Å². The van der Waals surface area contributed by atoms with Gasteiger partial charge in [-0.2, -0.15) is 0 Å². The Labute approximate surface area is 145 Å². The molecule has 2 heterocycles. The number of likely N-dealkylation sites (N-methyl/N-ethyl adjacent to an activating group) is 1. The van der Waals surface area contributed by atoms with Crippen molar-refractivity contribution in [2.24, 2.45) is 0 Å². The van der Waals surface area contributed by atoms with Crippen LogP contribution in [0.4, 0.5) is 4.79 Å². The van der Waals surface area contributed by atoms with Crippen LogP contribution < -0.4 is 5.32 Å². The van der Waals surface area contributed by atoms with E-state index in [2.05, 4.69) is 41.4 Å². The zero-order valence-corrected chi connectivity index (χ0v) is 14.8. The number of nitrogens with zero attached hydrogens (tertiary/aromatic N) is 2. The number of benzene rings is 1. The molecular weight excluding hydrogens is 302 g/mol. The maximum Gasteiger partial charge on any atom is 0.317 e. The third-order valence-corrected chi connectivity index (χ3v) is 5.23. The standard InChI is InChI=1S/C19H29N3O2/c1-15(16-7-4-3-5-8-16)22-11-10-17(13-22)20-19(23)21(2)14-18-9-6-12-24-18/h3-5,7-8,15,17-18H,6,9-14H2,1-2H3,(H,20,23)/t15-,17+,18+/m1/s1. The minimum atomic E-state index is 0.0183. The number of carbonyl (C=O) groups excluding carboxylic acids is 1. The number of likely N-dealkylation sites (tertiary alicyclic amines) is 1. The number of carbonyl (C=O) groups is 1. The summed E-state index contributed by atoms with van der Waals surface area (Å²) in [4.78, 5) is 16.6. The monoisotopic (exact) mass is 331 g/mol. The molecule has 0 radical (unpaired) electrons. The fraction of sp³-hybridized carbons (Fsp3) is 0.632. The van der Waals surface area contributed by atoms with Gasteiger partial charge in [-0.15, -0.1) is 0 Å². The Bertz CT molecular complexity index is 531. The van der Waals surface area contributed by atoms with E-state index in [4.69, 9.17) is 4.74 Å². The first-order valence-corrected chi connectivity index (χ1v) is 9.05. The summed E-state index contributed by atoms with van der Waals surface area (Å²) >= 11 is 0. The van der Waals surface area contributed by atoms with Gasteiger partial charge in [0.1, 0.15) is 0 Å². The van der Waals surface area contributed by atoms with Crippen LogP contribution in [0, 0.1) is 0 Å². The molecule has 3 atom stereocenters. The molecule has 5 heteroatoms. The van der Waals surface area contributed by atoms with Crippen LogP contribution in [-0.4, -0.2) is 61.3 Å². The summed E-state index contributed by atoms with van der Waals surface area (Å²) in [6.45, 7) is 5.69. The van der Waals surface area contributed by atoms with Crippen molar-refractivity contribution in [1.29, 1.82) is 0 Å². The average molecular weight is 331 g/mol. The first-order chi connectivity index (χ1) is 11.6. The molecule has 0 saturated carbocycles. The van der Waals surface area contributed by atoms with Crippen molar-refractivity contribution in [3.63, 3.8) is 0 Å². The summed E-state index contributed by atoms with van der Waals surface area (Å²) in [6.07, 6.45) is 3.38. The first-order valence-electron chi connectivity index (χ1n) is 9.05. The van der Waals surface area contributed by atoms with Crippen LogP contribution in [0.3, 0.4) is 0 Å². The van der Waals surface area contributed by atoms with E-state index in [1.807, 2.05) is 13.1 Å². The van der Waals surface area contributed by atoms with Crippen molar-refractivity contribution in [1.82, 2.24) is 15.1 Å². The molecule has 0 aromatic heterocycles. The van der Waals surface area contributed by atoms with Gasteiger partial charge in [0, 0.05) is 45.4 Å². The molecule has 1 N–H and O–H groups in total. The van der Waals surface area contributed by atoms with Crippen LogP contribution in [0.5, 0.6) is 0 Å². The normalized spacial score (nSPS) is 25.6. The van der Waals surface area contributed by atoms with Crippen LogP contribution in [0.1, 0.15) is 37.8 Å². The topological polar surface area (TPSA) is 44.8 Å². The Kier molecular flexibility index (Phi) is 5.74. The van der Waals surface area contributed by atoms with Gasteiger partial charge in [0.15, 0.2) is 0 Å². The van der Waals surface area contributed by atoms with Crippen molar-refractivity contribution < 1.29 is 9.53 Å². The van der Waals surface area contributed by atoms with E-state index in [0.29, 0.717) is 12.6 Å². The van der Waals surface area contributed by atoms with E-state index in [9.17, 15) is 4.79 Å². The molecule has 1 aromatic rings. The lowest BCUT2D eigenvalue weighted by Gasteiger charge is -2.26. The number of amides is 2.